The lowest BCUT2D eigenvalue weighted by atomic mass is 10.2. The average Bonchev–Trinajstić information content (AvgIpc) is 2.89. The third-order valence-electron chi connectivity index (χ3n) is 2.58. The normalized spacial score (nSPS) is 10.1. The van der Waals surface area contributed by atoms with Crippen molar-refractivity contribution in [3.8, 4) is 0 Å². The van der Waals surface area contributed by atoms with E-state index in [4.69, 9.17) is 0 Å². The molecule has 2 aromatic rings. The molecule has 0 aliphatic carbocycles. The number of rotatable bonds is 5. The van der Waals surface area contributed by atoms with Gasteiger partial charge in [0.05, 0.1) is 17.0 Å². The maximum absolute atomic E-state index is 12.1. The molecule has 21 heavy (non-hydrogen) atoms. The molecular weight excluding hydrogens is 298 g/mol. The molecule has 0 bridgehead atoms. The number of thiazole rings is 1. The summed E-state index contributed by atoms with van der Waals surface area (Å²) in [7, 11) is 1.56. The lowest BCUT2D eigenvalue weighted by Crippen LogP contribution is -2.24. The Bertz CT molecular complexity index is 738. The van der Waals surface area contributed by atoms with Crippen molar-refractivity contribution in [3.05, 3.63) is 48.7 Å². The van der Waals surface area contributed by atoms with Crippen molar-refractivity contribution in [2.75, 3.05) is 12.4 Å². The van der Waals surface area contributed by atoms with Crippen molar-refractivity contribution in [2.45, 2.75) is 6.54 Å². The molecule has 0 aliphatic rings. The first-order valence-electron chi connectivity index (χ1n) is 5.78. The fourth-order valence-electron chi connectivity index (χ4n) is 1.60. The molecule has 0 fully saturated rings. The maximum atomic E-state index is 12.1. The van der Waals surface area contributed by atoms with E-state index < -0.39 is 10.8 Å². The quantitative estimate of drug-likeness (QED) is 0.551. The Morgan fingerprint density at radius 3 is 2.90 bits per heavy atom. The Balaban J connectivity index is 2.18. The summed E-state index contributed by atoms with van der Waals surface area (Å²) >= 11 is 0.989. The number of nitro groups is 1. The lowest BCUT2D eigenvalue weighted by Gasteiger charge is -2.08. The Hall–Kier alpha value is -2.75. The molecule has 1 amide bonds. The Morgan fingerprint density at radius 1 is 1.57 bits per heavy atom. The van der Waals surface area contributed by atoms with Crippen molar-refractivity contribution in [3.63, 3.8) is 0 Å². The summed E-state index contributed by atoms with van der Waals surface area (Å²) in [6, 6.07) is 1.14. The molecule has 2 rings (SSSR count). The SMILES string of the molecule is CNc1ncc([N+](=O)[O-])cc1C(=O)NCc1csc(=O)[nH]1. The molecular formula is C11H11N5O4S. The monoisotopic (exact) mass is 309 g/mol. The fourth-order valence-corrected chi connectivity index (χ4v) is 2.18. The second-order valence-electron chi connectivity index (χ2n) is 3.95. The van der Waals surface area contributed by atoms with Crippen LogP contribution >= 0.6 is 11.3 Å². The molecule has 9 nitrogen and oxygen atoms in total. The lowest BCUT2D eigenvalue weighted by molar-refractivity contribution is -0.385. The topological polar surface area (TPSA) is 130 Å². The van der Waals surface area contributed by atoms with Gasteiger partial charge in [0.25, 0.3) is 11.6 Å². The molecule has 0 saturated carbocycles. The maximum Gasteiger partial charge on any atom is 0.304 e. The van der Waals surface area contributed by atoms with Gasteiger partial charge in [-0.05, 0) is 0 Å². The highest BCUT2D eigenvalue weighted by molar-refractivity contribution is 7.07. The molecule has 3 N–H and O–H groups in total. The number of H-pyrrole nitrogens is 1. The minimum Gasteiger partial charge on any atom is -0.372 e. The number of carbonyl (C=O) groups excluding carboxylic acids is 1. The first kappa shape index (κ1) is 14.7. The highest BCUT2D eigenvalue weighted by atomic mass is 32.1. The van der Waals surface area contributed by atoms with E-state index in [1.165, 1.54) is 0 Å². The number of pyridine rings is 1. The van der Waals surface area contributed by atoms with Crippen LogP contribution < -0.4 is 15.5 Å². The number of nitrogens with one attached hydrogen (secondary N) is 3. The fraction of sp³-hybridized carbons (Fsp3) is 0.182. The zero-order chi connectivity index (χ0) is 15.4. The van der Waals surface area contributed by atoms with Crippen molar-refractivity contribution in [1.29, 1.82) is 0 Å². The van der Waals surface area contributed by atoms with E-state index in [0.29, 0.717) is 5.69 Å². The summed E-state index contributed by atoms with van der Waals surface area (Å²) < 4.78 is 0. The van der Waals surface area contributed by atoms with E-state index in [9.17, 15) is 19.7 Å². The minimum absolute atomic E-state index is 0.0595. The van der Waals surface area contributed by atoms with Gasteiger partial charge in [0.2, 0.25) is 0 Å². The highest BCUT2D eigenvalue weighted by Gasteiger charge is 2.17. The van der Waals surface area contributed by atoms with E-state index in [1.807, 2.05) is 0 Å². The van der Waals surface area contributed by atoms with Gasteiger partial charge in [-0.15, -0.1) is 0 Å². The molecule has 2 aromatic heterocycles. The zero-order valence-corrected chi connectivity index (χ0v) is 11.7. The zero-order valence-electron chi connectivity index (χ0n) is 10.9. The largest absolute Gasteiger partial charge is 0.372 e. The van der Waals surface area contributed by atoms with Crippen LogP contribution in [0, 0.1) is 10.1 Å². The van der Waals surface area contributed by atoms with Gasteiger partial charge in [0, 0.05) is 24.2 Å². The molecule has 0 saturated heterocycles. The van der Waals surface area contributed by atoms with Gasteiger partial charge < -0.3 is 15.6 Å². The summed E-state index contributed by atoms with van der Waals surface area (Å²) in [4.78, 5) is 39.3. The molecule has 0 unspecified atom stereocenters. The smallest absolute Gasteiger partial charge is 0.304 e. The van der Waals surface area contributed by atoms with E-state index >= 15 is 0 Å². The van der Waals surface area contributed by atoms with Crippen LogP contribution in [-0.2, 0) is 6.54 Å². The van der Waals surface area contributed by atoms with Crippen LogP contribution in [-0.4, -0.2) is 27.8 Å². The van der Waals surface area contributed by atoms with Crippen molar-refractivity contribution in [1.82, 2.24) is 15.3 Å². The molecule has 0 atom stereocenters. The van der Waals surface area contributed by atoms with Crippen LogP contribution in [0.2, 0.25) is 0 Å². The molecule has 10 heteroatoms. The molecule has 0 aromatic carbocycles. The van der Waals surface area contributed by atoms with Gasteiger partial charge in [-0.25, -0.2) is 4.98 Å². The highest BCUT2D eigenvalue weighted by Crippen LogP contribution is 2.18. The number of carbonyl (C=O) groups is 1. The number of hydrogen-bond acceptors (Lipinski definition) is 7. The molecule has 110 valence electrons. The molecule has 2 heterocycles. The predicted molar refractivity (Wildman–Crippen MR) is 76.5 cm³/mol. The van der Waals surface area contributed by atoms with Crippen molar-refractivity contribution in [2.24, 2.45) is 0 Å². The minimum atomic E-state index is -0.625. The van der Waals surface area contributed by atoms with Crippen LogP contribution in [0.3, 0.4) is 0 Å². The first-order chi connectivity index (χ1) is 10.0. The van der Waals surface area contributed by atoms with Crippen LogP contribution in [0.15, 0.2) is 22.4 Å². The Labute approximate surface area is 122 Å². The third-order valence-corrected chi connectivity index (χ3v) is 3.29. The van der Waals surface area contributed by atoms with Gasteiger partial charge in [0.15, 0.2) is 0 Å². The number of aromatic nitrogens is 2. The number of hydrogen-bond donors (Lipinski definition) is 3. The summed E-state index contributed by atoms with van der Waals surface area (Å²) in [5.74, 6) is -0.292. The van der Waals surface area contributed by atoms with E-state index in [-0.39, 0.29) is 28.5 Å². The van der Waals surface area contributed by atoms with Crippen molar-refractivity contribution >= 4 is 28.7 Å². The van der Waals surface area contributed by atoms with E-state index in [2.05, 4.69) is 20.6 Å². The van der Waals surface area contributed by atoms with Crippen LogP contribution in [0.5, 0.6) is 0 Å². The van der Waals surface area contributed by atoms with Gasteiger partial charge >= 0.3 is 4.87 Å². The molecule has 0 aliphatic heterocycles. The second kappa shape index (κ2) is 6.13. The van der Waals surface area contributed by atoms with Crippen molar-refractivity contribution < 1.29 is 9.72 Å². The first-order valence-corrected chi connectivity index (χ1v) is 6.66. The van der Waals surface area contributed by atoms with Gasteiger partial charge in [-0.3, -0.25) is 19.7 Å². The summed E-state index contributed by atoms with van der Waals surface area (Å²) in [6.07, 6.45) is 1.07. The van der Waals surface area contributed by atoms with E-state index in [1.54, 1.807) is 12.4 Å². The third kappa shape index (κ3) is 3.42. The van der Waals surface area contributed by atoms with Gasteiger partial charge in [-0.1, -0.05) is 11.3 Å². The second-order valence-corrected chi connectivity index (χ2v) is 4.80. The number of amides is 1. The number of aromatic amines is 1. The van der Waals surface area contributed by atoms with Crippen LogP contribution in [0.4, 0.5) is 11.5 Å². The number of anilines is 1. The molecule has 0 radical (unpaired) electrons. The predicted octanol–water partition coefficient (Wildman–Crippen LogP) is 0.711. The van der Waals surface area contributed by atoms with Crippen LogP contribution in [0.1, 0.15) is 16.1 Å². The Kier molecular flexibility index (Phi) is 4.28. The summed E-state index contributed by atoms with van der Waals surface area (Å²) in [6.45, 7) is 0.115. The summed E-state index contributed by atoms with van der Waals surface area (Å²) in [5, 5.41) is 17.6. The number of nitrogens with zero attached hydrogens (tertiary/aromatic N) is 2. The van der Waals surface area contributed by atoms with E-state index in [0.717, 1.165) is 23.6 Å². The van der Waals surface area contributed by atoms with Gasteiger partial charge in [-0.2, -0.15) is 0 Å². The standard InChI is InChI=1S/C11H11N5O4S/c1-12-9-8(2-7(4-13-9)16(19)20)10(17)14-3-6-5-21-11(18)15-6/h2,4-5H,3H2,1H3,(H,12,13)(H,14,17)(H,15,18). The Morgan fingerprint density at radius 2 is 2.33 bits per heavy atom. The van der Waals surface area contributed by atoms with Crippen LogP contribution in [0.25, 0.3) is 0 Å². The molecule has 0 spiro atoms. The summed E-state index contributed by atoms with van der Waals surface area (Å²) in [5.41, 5.74) is 0.343. The average molecular weight is 309 g/mol. The van der Waals surface area contributed by atoms with Gasteiger partial charge in [0.1, 0.15) is 12.0 Å².